The molecule has 0 bridgehead atoms. The number of hydrogen-bond acceptors (Lipinski definition) is 0. The molecule has 1 fully saturated rings. The van der Waals surface area contributed by atoms with Crippen molar-refractivity contribution < 1.29 is 0 Å². The van der Waals surface area contributed by atoms with E-state index in [1.807, 2.05) is 0 Å². The fourth-order valence-corrected chi connectivity index (χ4v) is 3.10. The topological polar surface area (TPSA) is 0 Å². The van der Waals surface area contributed by atoms with Gasteiger partial charge in [-0.15, -0.1) is 0 Å². The van der Waals surface area contributed by atoms with Crippen molar-refractivity contribution in [3.8, 4) is 0 Å². The predicted molar refractivity (Wildman–Crippen MR) is 81.5 cm³/mol. The molecule has 1 aliphatic carbocycles. The van der Waals surface area contributed by atoms with E-state index in [0.29, 0.717) is 0 Å². The number of aryl methyl sites for hydroxylation is 2. The summed E-state index contributed by atoms with van der Waals surface area (Å²) in [6, 6.07) is 18.2. The average Bonchev–Trinajstić information content (AvgIpc) is 3.24. The van der Waals surface area contributed by atoms with Crippen LogP contribution in [0, 0.1) is 19.8 Å². The Morgan fingerprint density at radius 1 is 0.737 bits per heavy atom. The first-order chi connectivity index (χ1) is 9.10. The summed E-state index contributed by atoms with van der Waals surface area (Å²) in [5.74, 6) is 0.804. The maximum Gasteiger partial charge on any atom is 0.0202 e. The molecule has 0 amide bonds. The van der Waals surface area contributed by atoms with Gasteiger partial charge in [-0.1, -0.05) is 66.6 Å². The van der Waals surface area contributed by atoms with Crippen LogP contribution in [0.1, 0.15) is 42.0 Å². The first-order valence-corrected chi connectivity index (χ1v) is 7.25. The van der Waals surface area contributed by atoms with Crippen molar-refractivity contribution in [3.63, 3.8) is 0 Å². The van der Waals surface area contributed by atoms with Crippen LogP contribution in [-0.2, 0) is 5.41 Å². The lowest BCUT2D eigenvalue weighted by Crippen LogP contribution is -2.26. The number of rotatable bonds is 3. The van der Waals surface area contributed by atoms with E-state index in [1.54, 1.807) is 0 Å². The minimum absolute atomic E-state index is 0.182. The largest absolute Gasteiger partial charge is 0.0590 e. The van der Waals surface area contributed by atoms with E-state index in [-0.39, 0.29) is 5.41 Å². The highest BCUT2D eigenvalue weighted by atomic mass is 14.5. The molecule has 98 valence electrons. The van der Waals surface area contributed by atoms with Crippen LogP contribution in [-0.4, -0.2) is 0 Å². The molecule has 0 spiro atoms. The molecule has 0 atom stereocenters. The zero-order valence-corrected chi connectivity index (χ0v) is 12.1. The Bertz CT molecular complexity index is 510. The highest BCUT2D eigenvalue weighted by Gasteiger charge is 2.43. The zero-order valence-electron chi connectivity index (χ0n) is 12.1. The van der Waals surface area contributed by atoms with Gasteiger partial charge in [0.1, 0.15) is 0 Å². The molecule has 0 N–H and O–H groups in total. The summed E-state index contributed by atoms with van der Waals surface area (Å²) in [6.07, 6.45) is 2.72. The Morgan fingerprint density at radius 2 is 1.11 bits per heavy atom. The zero-order chi connectivity index (χ0) is 13.5. The van der Waals surface area contributed by atoms with Gasteiger partial charge in [-0.25, -0.2) is 0 Å². The molecule has 0 aromatic heterocycles. The third-order valence-corrected chi connectivity index (χ3v) is 4.70. The molecule has 3 rings (SSSR count). The van der Waals surface area contributed by atoms with Crippen LogP contribution in [0.15, 0.2) is 48.5 Å². The lowest BCUT2D eigenvalue weighted by atomic mass is 9.72. The van der Waals surface area contributed by atoms with Gasteiger partial charge >= 0.3 is 0 Å². The minimum Gasteiger partial charge on any atom is -0.0590 e. The molecule has 2 aromatic rings. The molecule has 0 heteroatoms. The maximum absolute atomic E-state index is 2.42. The minimum atomic E-state index is 0.182. The first-order valence-electron chi connectivity index (χ1n) is 7.25. The van der Waals surface area contributed by atoms with Crippen LogP contribution in [0.5, 0.6) is 0 Å². The monoisotopic (exact) mass is 250 g/mol. The van der Waals surface area contributed by atoms with Crippen molar-refractivity contribution in [2.24, 2.45) is 5.92 Å². The van der Waals surface area contributed by atoms with E-state index < -0.39 is 0 Å². The van der Waals surface area contributed by atoms with Crippen LogP contribution in [0.4, 0.5) is 0 Å². The SMILES string of the molecule is Cc1ccc(C(C)(c2ccc(C)cc2)C2CC2)cc1. The molecule has 0 nitrogen and oxygen atoms in total. The molecule has 1 aliphatic rings. The van der Waals surface area contributed by atoms with Gasteiger partial charge in [0.05, 0.1) is 0 Å². The summed E-state index contributed by atoms with van der Waals surface area (Å²) < 4.78 is 0. The summed E-state index contributed by atoms with van der Waals surface area (Å²) in [4.78, 5) is 0. The van der Waals surface area contributed by atoms with Crippen LogP contribution in [0.3, 0.4) is 0 Å². The molecular weight excluding hydrogens is 228 g/mol. The number of benzene rings is 2. The normalized spacial score (nSPS) is 15.5. The summed E-state index contributed by atoms with van der Waals surface area (Å²) in [5.41, 5.74) is 5.78. The van der Waals surface area contributed by atoms with E-state index >= 15 is 0 Å². The Hall–Kier alpha value is -1.56. The van der Waals surface area contributed by atoms with Gasteiger partial charge in [-0.3, -0.25) is 0 Å². The molecule has 0 saturated heterocycles. The van der Waals surface area contributed by atoms with E-state index in [0.717, 1.165) is 5.92 Å². The van der Waals surface area contributed by atoms with Gasteiger partial charge in [0.2, 0.25) is 0 Å². The fraction of sp³-hybridized carbons (Fsp3) is 0.368. The lowest BCUT2D eigenvalue weighted by Gasteiger charge is -2.31. The van der Waals surface area contributed by atoms with Crippen LogP contribution in [0.2, 0.25) is 0 Å². The van der Waals surface area contributed by atoms with E-state index in [4.69, 9.17) is 0 Å². The average molecular weight is 250 g/mol. The predicted octanol–water partition coefficient (Wildman–Crippen LogP) is 5.02. The Labute approximate surface area is 116 Å². The summed E-state index contributed by atoms with van der Waals surface area (Å²) in [6.45, 7) is 6.73. The van der Waals surface area contributed by atoms with Crippen molar-refractivity contribution in [3.05, 3.63) is 70.8 Å². The molecule has 2 aromatic carbocycles. The van der Waals surface area contributed by atoms with Crippen molar-refractivity contribution in [2.45, 2.75) is 39.0 Å². The molecular formula is C19H22. The van der Waals surface area contributed by atoms with Gasteiger partial charge in [0.25, 0.3) is 0 Å². The highest BCUT2D eigenvalue weighted by Crippen LogP contribution is 2.51. The fourth-order valence-electron chi connectivity index (χ4n) is 3.10. The number of hydrogen-bond donors (Lipinski definition) is 0. The standard InChI is InChI=1S/C19H22/c1-14-4-8-16(9-5-14)19(3,18-12-13-18)17-10-6-15(2)7-11-17/h4-11,18H,12-13H2,1-3H3. The van der Waals surface area contributed by atoms with Crippen molar-refractivity contribution in [1.82, 2.24) is 0 Å². The smallest absolute Gasteiger partial charge is 0.0202 e. The van der Waals surface area contributed by atoms with Gasteiger partial charge in [0.15, 0.2) is 0 Å². The second-order valence-electron chi connectivity index (χ2n) is 6.21. The van der Waals surface area contributed by atoms with Crippen molar-refractivity contribution in [1.29, 1.82) is 0 Å². The summed E-state index contributed by atoms with van der Waals surface area (Å²) in [5, 5.41) is 0. The van der Waals surface area contributed by atoms with Crippen LogP contribution in [0.25, 0.3) is 0 Å². The summed E-state index contributed by atoms with van der Waals surface area (Å²) in [7, 11) is 0. The van der Waals surface area contributed by atoms with Gasteiger partial charge < -0.3 is 0 Å². The van der Waals surface area contributed by atoms with Gasteiger partial charge in [0, 0.05) is 5.41 Å². The van der Waals surface area contributed by atoms with Crippen LogP contribution >= 0.6 is 0 Å². The van der Waals surface area contributed by atoms with E-state index in [9.17, 15) is 0 Å². The second kappa shape index (κ2) is 4.52. The Morgan fingerprint density at radius 3 is 1.42 bits per heavy atom. The first kappa shape index (κ1) is 12.5. The molecule has 19 heavy (non-hydrogen) atoms. The van der Waals surface area contributed by atoms with Gasteiger partial charge in [-0.2, -0.15) is 0 Å². The second-order valence-corrected chi connectivity index (χ2v) is 6.21. The third-order valence-electron chi connectivity index (χ3n) is 4.70. The highest BCUT2D eigenvalue weighted by molar-refractivity contribution is 5.42. The Kier molecular flexibility index (Phi) is 2.97. The van der Waals surface area contributed by atoms with E-state index in [1.165, 1.54) is 35.1 Å². The van der Waals surface area contributed by atoms with Crippen molar-refractivity contribution >= 4 is 0 Å². The van der Waals surface area contributed by atoms with Crippen molar-refractivity contribution in [2.75, 3.05) is 0 Å². The molecule has 1 saturated carbocycles. The molecule has 0 radical (unpaired) electrons. The molecule has 0 unspecified atom stereocenters. The van der Waals surface area contributed by atoms with Crippen LogP contribution < -0.4 is 0 Å². The molecule has 0 heterocycles. The maximum atomic E-state index is 2.42. The Balaban J connectivity index is 2.08. The lowest BCUT2D eigenvalue weighted by molar-refractivity contribution is 0.495. The van der Waals surface area contributed by atoms with E-state index in [2.05, 4.69) is 69.3 Å². The third kappa shape index (κ3) is 2.20. The summed E-state index contributed by atoms with van der Waals surface area (Å²) >= 11 is 0. The van der Waals surface area contributed by atoms with Gasteiger partial charge in [-0.05, 0) is 43.7 Å². The quantitative estimate of drug-likeness (QED) is 0.717. The molecule has 0 aliphatic heterocycles.